The average Bonchev–Trinajstić information content (AvgIpc) is 2.88. The highest BCUT2D eigenvalue weighted by atomic mass is 32.1. The Kier molecular flexibility index (Phi) is 4.49. The highest BCUT2D eigenvalue weighted by Crippen LogP contribution is 2.27. The quantitative estimate of drug-likeness (QED) is 0.908. The number of urea groups is 1. The Morgan fingerprint density at radius 3 is 2.70 bits per heavy atom. The van der Waals surface area contributed by atoms with Gasteiger partial charge in [0.15, 0.2) is 5.13 Å². The Balaban J connectivity index is 1.61. The van der Waals surface area contributed by atoms with E-state index in [9.17, 15) is 4.79 Å². The molecule has 0 bridgehead atoms. The number of thiazole rings is 1. The smallest absolute Gasteiger partial charge is 0.325 e. The van der Waals surface area contributed by atoms with Crippen LogP contribution in [0.5, 0.6) is 0 Å². The minimum absolute atomic E-state index is 0.262. The Bertz CT molecular complexity index is 695. The van der Waals surface area contributed by atoms with Crippen LogP contribution in [0.1, 0.15) is 10.6 Å². The lowest BCUT2D eigenvalue weighted by molar-refractivity contribution is 0.262. The van der Waals surface area contributed by atoms with Crippen molar-refractivity contribution < 1.29 is 4.79 Å². The maximum absolute atomic E-state index is 12.1. The molecule has 1 aliphatic rings. The molecule has 0 aliphatic carbocycles. The highest BCUT2D eigenvalue weighted by molar-refractivity contribution is 7.15. The topological polar surface area (TPSA) is 60.5 Å². The number of fused-ring (bicyclic) bond motifs is 1. The van der Waals surface area contributed by atoms with E-state index < -0.39 is 0 Å². The first-order valence-electron chi connectivity index (χ1n) is 7.54. The third-order valence-electron chi connectivity index (χ3n) is 3.78. The summed E-state index contributed by atoms with van der Waals surface area (Å²) in [7, 11) is 6.06. The molecule has 1 aromatic heterocycles. The van der Waals surface area contributed by atoms with Gasteiger partial charge in [-0.3, -0.25) is 5.32 Å². The number of benzene rings is 1. The fourth-order valence-electron chi connectivity index (χ4n) is 2.48. The molecule has 0 saturated heterocycles. The summed E-state index contributed by atoms with van der Waals surface area (Å²) in [6, 6.07) is 7.44. The van der Waals surface area contributed by atoms with E-state index in [-0.39, 0.29) is 6.03 Å². The van der Waals surface area contributed by atoms with Crippen LogP contribution < -0.4 is 15.5 Å². The summed E-state index contributed by atoms with van der Waals surface area (Å²) in [5, 5.41) is 6.32. The predicted octanol–water partition coefficient (Wildman–Crippen LogP) is 2.84. The molecule has 2 heterocycles. The number of carbonyl (C=O) groups excluding carboxylic acids is 1. The number of carbonyl (C=O) groups is 1. The molecule has 1 aliphatic heterocycles. The first kappa shape index (κ1) is 15.8. The second-order valence-electron chi connectivity index (χ2n) is 5.90. The number of hydrogen-bond acceptors (Lipinski definition) is 5. The van der Waals surface area contributed by atoms with E-state index in [0.717, 1.165) is 36.6 Å². The van der Waals surface area contributed by atoms with Crippen molar-refractivity contribution in [1.82, 2.24) is 9.88 Å². The third-order valence-corrected chi connectivity index (χ3v) is 4.78. The van der Waals surface area contributed by atoms with Gasteiger partial charge in [-0.1, -0.05) is 0 Å². The molecule has 122 valence electrons. The van der Waals surface area contributed by atoms with Crippen LogP contribution in [-0.2, 0) is 13.0 Å². The molecule has 6 nitrogen and oxygen atoms in total. The second kappa shape index (κ2) is 6.55. The van der Waals surface area contributed by atoms with E-state index in [2.05, 4.69) is 27.6 Å². The molecule has 0 radical (unpaired) electrons. The van der Waals surface area contributed by atoms with Gasteiger partial charge in [0, 0.05) is 49.9 Å². The van der Waals surface area contributed by atoms with Crippen LogP contribution in [0.2, 0.25) is 0 Å². The van der Waals surface area contributed by atoms with Crippen molar-refractivity contribution in [2.24, 2.45) is 0 Å². The van der Waals surface area contributed by atoms with Gasteiger partial charge < -0.3 is 15.1 Å². The van der Waals surface area contributed by atoms with Crippen molar-refractivity contribution >= 4 is 33.9 Å². The number of anilines is 3. The minimum atomic E-state index is -0.262. The number of amides is 2. The molecule has 23 heavy (non-hydrogen) atoms. The molecular formula is C16H21N5OS. The van der Waals surface area contributed by atoms with Crippen LogP contribution in [0.15, 0.2) is 24.3 Å². The molecule has 0 saturated carbocycles. The van der Waals surface area contributed by atoms with Crippen molar-refractivity contribution in [2.75, 3.05) is 43.2 Å². The number of rotatable bonds is 3. The summed E-state index contributed by atoms with van der Waals surface area (Å²) in [6.45, 7) is 1.92. The van der Waals surface area contributed by atoms with E-state index >= 15 is 0 Å². The fraction of sp³-hybridized carbons (Fsp3) is 0.375. The highest BCUT2D eigenvalue weighted by Gasteiger charge is 2.19. The van der Waals surface area contributed by atoms with Crippen LogP contribution >= 0.6 is 11.3 Å². The van der Waals surface area contributed by atoms with Crippen molar-refractivity contribution in [2.45, 2.75) is 13.0 Å². The largest absolute Gasteiger partial charge is 0.378 e. The number of nitrogens with one attached hydrogen (secondary N) is 2. The van der Waals surface area contributed by atoms with Gasteiger partial charge in [0.1, 0.15) is 0 Å². The van der Waals surface area contributed by atoms with Crippen LogP contribution in [0, 0.1) is 0 Å². The van der Waals surface area contributed by atoms with Gasteiger partial charge in [-0.2, -0.15) is 0 Å². The van der Waals surface area contributed by atoms with Gasteiger partial charge in [-0.05, 0) is 31.3 Å². The van der Waals surface area contributed by atoms with Gasteiger partial charge in [-0.15, -0.1) is 11.3 Å². The summed E-state index contributed by atoms with van der Waals surface area (Å²) in [6.07, 6.45) is 0.942. The number of likely N-dealkylation sites (N-methyl/N-ethyl adjacent to an activating group) is 1. The average molecular weight is 331 g/mol. The lowest BCUT2D eigenvalue weighted by Gasteiger charge is -2.20. The summed E-state index contributed by atoms with van der Waals surface area (Å²) in [5.74, 6) is 0. The Labute approximate surface area is 140 Å². The van der Waals surface area contributed by atoms with Crippen molar-refractivity contribution in [1.29, 1.82) is 0 Å². The molecule has 2 aromatic rings. The zero-order valence-electron chi connectivity index (χ0n) is 13.6. The molecule has 0 atom stereocenters. The van der Waals surface area contributed by atoms with Crippen LogP contribution in [0.4, 0.5) is 21.3 Å². The van der Waals surface area contributed by atoms with E-state index in [4.69, 9.17) is 0 Å². The first-order valence-corrected chi connectivity index (χ1v) is 8.35. The summed E-state index contributed by atoms with van der Waals surface area (Å²) < 4.78 is 0. The van der Waals surface area contributed by atoms with Gasteiger partial charge in [0.2, 0.25) is 0 Å². The standard InChI is InChI=1S/C16H21N5OS/c1-20(2)12-6-4-11(5-7-12)17-15(22)19-16-18-13-8-9-21(3)10-14(13)23-16/h4-7H,8-10H2,1-3H3,(H2,17,18,19,22). The van der Waals surface area contributed by atoms with Gasteiger partial charge in [0.25, 0.3) is 0 Å². The van der Waals surface area contributed by atoms with Gasteiger partial charge >= 0.3 is 6.03 Å². The normalized spacial score (nSPS) is 14.2. The number of nitrogens with zero attached hydrogens (tertiary/aromatic N) is 3. The van der Waals surface area contributed by atoms with Gasteiger partial charge in [-0.25, -0.2) is 9.78 Å². The molecule has 7 heteroatoms. The SMILES string of the molecule is CN1CCc2nc(NC(=O)Nc3ccc(N(C)C)cc3)sc2C1. The first-order chi connectivity index (χ1) is 11.0. The third kappa shape index (κ3) is 3.80. The fourth-order valence-corrected chi connectivity index (χ4v) is 3.56. The molecule has 3 rings (SSSR count). The van der Waals surface area contributed by atoms with Crippen molar-refractivity contribution in [3.8, 4) is 0 Å². The Hall–Kier alpha value is -2.12. The molecule has 1 aromatic carbocycles. The van der Waals surface area contributed by atoms with Gasteiger partial charge in [0.05, 0.1) is 5.69 Å². The summed E-state index contributed by atoms with van der Waals surface area (Å²) in [5.41, 5.74) is 2.96. The monoisotopic (exact) mass is 331 g/mol. The van der Waals surface area contributed by atoms with E-state index in [1.165, 1.54) is 4.88 Å². The van der Waals surface area contributed by atoms with E-state index in [1.807, 2.05) is 43.3 Å². The lowest BCUT2D eigenvalue weighted by atomic mass is 10.2. The van der Waals surface area contributed by atoms with Crippen molar-refractivity contribution in [3.63, 3.8) is 0 Å². The van der Waals surface area contributed by atoms with Crippen molar-refractivity contribution in [3.05, 3.63) is 34.8 Å². The zero-order chi connectivity index (χ0) is 16.4. The Morgan fingerprint density at radius 1 is 1.26 bits per heavy atom. The zero-order valence-corrected chi connectivity index (χ0v) is 14.4. The summed E-state index contributed by atoms with van der Waals surface area (Å²) in [4.78, 5) is 22.1. The molecule has 2 N–H and O–H groups in total. The molecule has 0 fully saturated rings. The maximum Gasteiger partial charge on any atom is 0.325 e. The summed E-state index contributed by atoms with van der Waals surface area (Å²) >= 11 is 1.55. The maximum atomic E-state index is 12.1. The van der Waals surface area contributed by atoms with Crippen LogP contribution in [0.3, 0.4) is 0 Å². The van der Waals surface area contributed by atoms with E-state index in [0.29, 0.717) is 5.13 Å². The number of hydrogen-bond donors (Lipinski definition) is 2. The van der Waals surface area contributed by atoms with Crippen LogP contribution in [-0.4, -0.2) is 43.6 Å². The lowest BCUT2D eigenvalue weighted by Crippen LogP contribution is -2.25. The molecule has 2 amide bonds. The molecule has 0 unspecified atom stereocenters. The van der Waals surface area contributed by atoms with E-state index in [1.54, 1.807) is 11.3 Å². The second-order valence-corrected chi connectivity index (χ2v) is 6.98. The number of aromatic nitrogens is 1. The predicted molar refractivity (Wildman–Crippen MR) is 95.6 cm³/mol. The Morgan fingerprint density at radius 2 is 2.00 bits per heavy atom. The molecular weight excluding hydrogens is 310 g/mol. The molecule has 0 spiro atoms. The minimum Gasteiger partial charge on any atom is -0.378 e. The van der Waals surface area contributed by atoms with Crippen LogP contribution in [0.25, 0.3) is 0 Å².